The molecule has 11 rings (SSSR count). The SMILES string of the molecule is C1=CC2c3cc(-c4ccc(N(c5ccccc5)c5ccc6c(c5)C(c5ccccc5)(c5ccccc5)c5ccccc5-6)cc4)ccc3N(c3ccccc3)C2C=C1. The van der Waals surface area contributed by atoms with E-state index in [2.05, 4.69) is 240 Å². The van der Waals surface area contributed by atoms with Gasteiger partial charge in [-0.15, -0.1) is 0 Å². The number of hydrogen-bond donors (Lipinski definition) is 0. The van der Waals surface area contributed by atoms with Crippen molar-refractivity contribution in [3.63, 3.8) is 0 Å². The summed E-state index contributed by atoms with van der Waals surface area (Å²) >= 11 is 0. The van der Waals surface area contributed by atoms with E-state index in [1.165, 1.54) is 61.4 Å². The Labute approximate surface area is 335 Å². The number of nitrogens with zero attached hydrogens (tertiary/aromatic N) is 2. The fourth-order valence-electron chi connectivity index (χ4n) is 9.81. The molecular weight excluding hydrogens is 689 g/mol. The standard InChI is InChI=1S/C55H40N2/c1-5-17-41(18-6-1)55(42-19-7-2-8-20-42)51-27-15-13-25-47(51)48-35-34-46(38-52(48)55)56(43-21-9-3-10-22-43)45-32-29-39(30-33-45)40-31-36-54-50(37-40)49-26-14-16-28-53(49)57(54)44-23-11-4-12-24-44/h1-38,49,53H. The van der Waals surface area contributed by atoms with E-state index in [0.717, 1.165) is 17.1 Å². The van der Waals surface area contributed by atoms with Crippen LogP contribution in [0.5, 0.6) is 0 Å². The molecule has 3 aliphatic rings. The van der Waals surface area contributed by atoms with E-state index >= 15 is 0 Å². The van der Waals surface area contributed by atoms with Crippen molar-refractivity contribution in [2.45, 2.75) is 17.4 Å². The minimum atomic E-state index is -0.470. The van der Waals surface area contributed by atoms with E-state index in [9.17, 15) is 0 Å². The highest BCUT2D eigenvalue weighted by molar-refractivity contribution is 5.90. The molecule has 0 saturated heterocycles. The quantitative estimate of drug-likeness (QED) is 0.161. The maximum absolute atomic E-state index is 2.49. The summed E-state index contributed by atoms with van der Waals surface area (Å²) in [6.07, 6.45) is 9.08. The van der Waals surface area contributed by atoms with Crippen LogP contribution in [0, 0.1) is 0 Å². The molecule has 0 amide bonds. The highest BCUT2D eigenvalue weighted by Gasteiger charge is 2.46. The normalized spacial score (nSPS) is 16.7. The van der Waals surface area contributed by atoms with Crippen molar-refractivity contribution in [3.05, 3.63) is 258 Å². The topological polar surface area (TPSA) is 6.48 Å². The van der Waals surface area contributed by atoms with Gasteiger partial charge < -0.3 is 9.80 Å². The van der Waals surface area contributed by atoms with Crippen molar-refractivity contribution in [2.75, 3.05) is 9.80 Å². The maximum atomic E-state index is 2.49. The maximum Gasteiger partial charge on any atom is 0.0714 e. The van der Waals surface area contributed by atoms with Crippen molar-refractivity contribution < 1.29 is 0 Å². The van der Waals surface area contributed by atoms with Crippen molar-refractivity contribution in [2.24, 2.45) is 0 Å². The highest BCUT2D eigenvalue weighted by atomic mass is 15.2. The van der Waals surface area contributed by atoms with Crippen LogP contribution >= 0.6 is 0 Å². The molecule has 8 aromatic carbocycles. The Kier molecular flexibility index (Phi) is 7.89. The molecule has 1 aliphatic heterocycles. The molecule has 0 radical (unpaired) electrons. The van der Waals surface area contributed by atoms with Gasteiger partial charge in [0.2, 0.25) is 0 Å². The van der Waals surface area contributed by atoms with Crippen LogP contribution < -0.4 is 9.80 Å². The van der Waals surface area contributed by atoms with Crippen molar-refractivity contribution in [1.82, 2.24) is 0 Å². The van der Waals surface area contributed by atoms with Gasteiger partial charge in [-0.2, -0.15) is 0 Å². The third-order valence-electron chi connectivity index (χ3n) is 12.3. The van der Waals surface area contributed by atoms with Gasteiger partial charge in [0.1, 0.15) is 0 Å². The van der Waals surface area contributed by atoms with Crippen LogP contribution in [-0.4, -0.2) is 6.04 Å². The molecule has 0 aromatic heterocycles. The summed E-state index contributed by atoms with van der Waals surface area (Å²) in [5, 5.41) is 0. The van der Waals surface area contributed by atoms with Crippen LogP contribution in [-0.2, 0) is 5.41 Å². The predicted molar refractivity (Wildman–Crippen MR) is 237 cm³/mol. The number of rotatable bonds is 7. The molecule has 2 heteroatoms. The summed E-state index contributed by atoms with van der Waals surface area (Å²) in [7, 11) is 0. The third-order valence-corrected chi connectivity index (χ3v) is 12.3. The van der Waals surface area contributed by atoms with Crippen LogP contribution in [0.25, 0.3) is 22.3 Å². The summed E-state index contributed by atoms with van der Waals surface area (Å²) in [5.74, 6) is 0.308. The van der Waals surface area contributed by atoms with Crippen LogP contribution in [0.15, 0.2) is 231 Å². The van der Waals surface area contributed by atoms with Crippen molar-refractivity contribution in [3.8, 4) is 22.3 Å². The summed E-state index contributed by atoms with van der Waals surface area (Å²) in [6.45, 7) is 0. The van der Waals surface area contributed by atoms with E-state index in [1.54, 1.807) is 0 Å². The first-order valence-electron chi connectivity index (χ1n) is 19.9. The van der Waals surface area contributed by atoms with Gasteiger partial charge in [-0.05, 0) is 111 Å². The lowest BCUT2D eigenvalue weighted by Gasteiger charge is -2.35. The zero-order chi connectivity index (χ0) is 37.8. The zero-order valence-electron chi connectivity index (χ0n) is 31.5. The molecule has 0 bridgehead atoms. The van der Waals surface area contributed by atoms with Crippen LogP contribution in [0.3, 0.4) is 0 Å². The molecule has 0 N–H and O–H groups in total. The Hall–Kier alpha value is -7.16. The molecular formula is C55H40N2. The van der Waals surface area contributed by atoms with Crippen molar-refractivity contribution in [1.29, 1.82) is 0 Å². The van der Waals surface area contributed by atoms with Gasteiger partial charge in [0.15, 0.2) is 0 Å². The van der Waals surface area contributed by atoms with Crippen molar-refractivity contribution >= 4 is 28.4 Å². The zero-order valence-corrected chi connectivity index (χ0v) is 31.5. The minimum absolute atomic E-state index is 0.270. The number of hydrogen-bond acceptors (Lipinski definition) is 2. The summed E-state index contributed by atoms with van der Waals surface area (Å²) < 4.78 is 0. The molecule has 2 unspecified atom stereocenters. The lowest BCUT2D eigenvalue weighted by molar-refractivity contribution is 0.745. The molecule has 2 nitrogen and oxygen atoms in total. The van der Waals surface area contributed by atoms with Crippen LogP contribution in [0.2, 0.25) is 0 Å². The van der Waals surface area contributed by atoms with E-state index in [1.807, 2.05) is 0 Å². The van der Waals surface area contributed by atoms with E-state index in [4.69, 9.17) is 0 Å². The Bertz CT molecular complexity index is 2750. The molecule has 57 heavy (non-hydrogen) atoms. The molecule has 1 heterocycles. The predicted octanol–water partition coefficient (Wildman–Crippen LogP) is 13.9. The average molecular weight is 729 g/mol. The summed E-state index contributed by atoms with van der Waals surface area (Å²) in [6, 6.07) is 76.1. The Morgan fingerprint density at radius 2 is 0.982 bits per heavy atom. The second-order valence-electron chi connectivity index (χ2n) is 15.2. The molecule has 2 atom stereocenters. The fourth-order valence-corrected chi connectivity index (χ4v) is 9.81. The van der Waals surface area contributed by atoms with Gasteiger partial charge in [-0.25, -0.2) is 0 Å². The number of benzene rings is 8. The number of para-hydroxylation sites is 2. The van der Waals surface area contributed by atoms with Gasteiger partial charge in [-0.3, -0.25) is 0 Å². The Morgan fingerprint density at radius 1 is 0.421 bits per heavy atom. The smallest absolute Gasteiger partial charge is 0.0714 e. The number of anilines is 5. The van der Waals surface area contributed by atoms with Gasteiger partial charge in [0.05, 0.1) is 11.5 Å². The first-order chi connectivity index (χ1) is 28.3. The highest BCUT2D eigenvalue weighted by Crippen LogP contribution is 2.57. The molecule has 0 saturated carbocycles. The first-order valence-corrected chi connectivity index (χ1v) is 19.9. The van der Waals surface area contributed by atoms with E-state index < -0.39 is 5.41 Å². The molecule has 8 aromatic rings. The Morgan fingerprint density at radius 3 is 1.70 bits per heavy atom. The largest absolute Gasteiger partial charge is 0.333 e. The number of allylic oxidation sites excluding steroid dienone is 2. The minimum Gasteiger partial charge on any atom is -0.333 e. The first kappa shape index (κ1) is 33.2. The van der Waals surface area contributed by atoms with Gasteiger partial charge in [-0.1, -0.05) is 170 Å². The second kappa shape index (κ2) is 13.5. The lowest BCUT2D eigenvalue weighted by atomic mass is 9.67. The molecule has 270 valence electrons. The van der Waals surface area contributed by atoms with Gasteiger partial charge >= 0.3 is 0 Å². The van der Waals surface area contributed by atoms with Crippen LogP contribution in [0.4, 0.5) is 28.4 Å². The van der Waals surface area contributed by atoms with E-state index in [0.29, 0.717) is 5.92 Å². The molecule has 2 aliphatic carbocycles. The Balaban J connectivity index is 1.03. The number of fused-ring (bicyclic) bond motifs is 6. The molecule has 0 fully saturated rings. The second-order valence-corrected chi connectivity index (χ2v) is 15.2. The monoisotopic (exact) mass is 728 g/mol. The van der Waals surface area contributed by atoms with Crippen LogP contribution in [0.1, 0.15) is 33.7 Å². The van der Waals surface area contributed by atoms with Gasteiger partial charge in [0, 0.05) is 34.4 Å². The third kappa shape index (κ3) is 5.25. The van der Waals surface area contributed by atoms with E-state index in [-0.39, 0.29) is 6.04 Å². The summed E-state index contributed by atoms with van der Waals surface area (Å²) in [4.78, 5) is 4.89. The molecule has 0 spiro atoms. The van der Waals surface area contributed by atoms with Gasteiger partial charge in [0.25, 0.3) is 0 Å². The lowest BCUT2D eigenvalue weighted by Crippen LogP contribution is -2.28. The fraction of sp³-hybridized carbons (Fsp3) is 0.0545. The average Bonchev–Trinajstić information content (AvgIpc) is 3.78. The summed E-state index contributed by atoms with van der Waals surface area (Å²) in [5.41, 5.74) is 16.9.